The highest BCUT2D eigenvalue weighted by Crippen LogP contribution is 2.44. The third kappa shape index (κ3) is 6.93. The van der Waals surface area contributed by atoms with Crippen molar-refractivity contribution in [1.29, 1.82) is 0 Å². The summed E-state index contributed by atoms with van der Waals surface area (Å²) >= 11 is 0. The van der Waals surface area contributed by atoms with Crippen LogP contribution in [0.5, 0.6) is 0 Å². The standard InChI is InChI=1S/C64H44N2/c1-4-18-45(19-5-1)55-27-12-14-29-57(55)48-34-39-52(40-35-48)65(53-41-36-49(37-42-53)58-30-15-13-28-56(58)46-20-6-2-7-21-46)54-26-16-23-50(44-54)59-32-17-33-62-63(59)61-43-38-47-22-10-11-31-60(47)64(61)66(62)51-24-8-3-9-25-51/h1-44H. The number of hydrogen-bond donors (Lipinski definition) is 0. The summed E-state index contributed by atoms with van der Waals surface area (Å²) < 4.78 is 2.45. The van der Waals surface area contributed by atoms with Crippen molar-refractivity contribution in [3.8, 4) is 61.3 Å². The van der Waals surface area contributed by atoms with Crippen molar-refractivity contribution in [3.63, 3.8) is 0 Å². The van der Waals surface area contributed by atoms with Gasteiger partial charge in [0.15, 0.2) is 0 Å². The number of hydrogen-bond acceptors (Lipinski definition) is 1. The van der Waals surface area contributed by atoms with E-state index >= 15 is 0 Å². The van der Waals surface area contributed by atoms with E-state index in [1.165, 1.54) is 82.6 Å². The normalized spacial score (nSPS) is 11.3. The zero-order valence-electron chi connectivity index (χ0n) is 36.3. The molecule has 0 saturated heterocycles. The van der Waals surface area contributed by atoms with Crippen LogP contribution in [0, 0.1) is 0 Å². The number of anilines is 3. The molecular weight excluding hydrogens is 797 g/mol. The van der Waals surface area contributed by atoms with E-state index in [1.54, 1.807) is 0 Å². The Morgan fingerprint density at radius 3 is 1.30 bits per heavy atom. The van der Waals surface area contributed by atoms with E-state index in [2.05, 4.69) is 276 Å². The summed E-state index contributed by atoms with van der Waals surface area (Å²) in [6, 6.07) is 96.8. The van der Waals surface area contributed by atoms with E-state index in [0.29, 0.717) is 0 Å². The fourth-order valence-corrected chi connectivity index (χ4v) is 9.96. The molecule has 0 bridgehead atoms. The Labute approximate surface area is 385 Å². The van der Waals surface area contributed by atoms with E-state index in [1.807, 2.05) is 0 Å². The van der Waals surface area contributed by atoms with Gasteiger partial charge >= 0.3 is 0 Å². The van der Waals surface area contributed by atoms with Crippen LogP contribution in [0.15, 0.2) is 267 Å². The summed E-state index contributed by atoms with van der Waals surface area (Å²) in [4.78, 5) is 2.39. The van der Waals surface area contributed by atoms with Crippen LogP contribution in [0.4, 0.5) is 17.1 Å². The molecule has 310 valence electrons. The highest BCUT2D eigenvalue weighted by atomic mass is 15.1. The molecule has 0 aliphatic rings. The number of aromatic nitrogens is 1. The minimum atomic E-state index is 1.08. The quantitative estimate of drug-likeness (QED) is 0.141. The maximum atomic E-state index is 2.45. The Hall–Kier alpha value is -8.72. The molecule has 1 aromatic heterocycles. The van der Waals surface area contributed by atoms with E-state index < -0.39 is 0 Å². The Bertz CT molecular complexity index is 3540. The van der Waals surface area contributed by atoms with Crippen molar-refractivity contribution in [1.82, 2.24) is 4.57 Å². The summed E-state index contributed by atoms with van der Waals surface area (Å²) in [5, 5.41) is 4.95. The minimum absolute atomic E-state index is 1.08. The van der Waals surface area contributed by atoms with Crippen LogP contribution < -0.4 is 4.90 Å². The molecule has 0 aliphatic heterocycles. The summed E-state index contributed by atoms with van der Waals surface area (Å²) in [6.45, 7) is 0. The molecule has 12 aromatic rings. The summed E-state index contributed by atoms with van der Waals surface area (Å²) in [5.74, 6) is 0. The van der Waals surface area contributed by atoms with Gasteiger partial charge in [0.1, 0.15) is 0 Å². The lowest BCUT2D eigenvalue weighted by molar-refractivity contribution is 1.19. The molecule has 66 heavy (non-hydrogen) atoms. The average molecular weight is 841 g/mol. The van der Waals surface area contributed by atoms with Gasteiger partial charge in [-0.25, -0.2) is 0 Å². The first kappa shape index (κ1) is 38.9. The number of fused-ring (bicyclic) bond motifs is 5. The van der Waals surface area contributed by atoms with E-state index in [9.17, 15) is 0 Å². The number of benzene rings is 11. The second-order valence-electron chi connectivity index (χ2n) is 16.9. The van der Waals surface area contributed by atoms with E-state index in [0.717, 1.165) is 28.3 Å². The molecular formula is C64H44N2. The van der Waals surface area contributed by atoms with Crippen LogP contribution in [-0.4, -0.2) is 4.57 Å². The van der Waals surface area contributed by atoms with Gasteiger partial charge in [0.25, 0.3) is 0 Å². The van der Waals surface area contributed by atoms with Crippen LogP contribution in [0.1, 0.15) is 0 Å². The lowest BCUT2D eigenvalue weighted by Crippen LogP contribution is -2.10. The Morgan fingerprint density at radius 2 is 0.727 bits per heavy atom. The summed E-state index contributed by atoms with van der Waals surface area (Å²) in [6.07, 6.45) is 0. The molecule has 0 fully saturated rings. The van der Waals surface area contributed by atoms with Gasteiger partial charge in [-0.2, -0.15) is 0 Å². The van der Waals surface area contributed by atoms with Crippen molar-refractivity contribution in [2.24, 2.45) is 0 Å². The third-order valence-corrected chi connectivity index (χ3v) is 13.0. The van der Waals surface area contributed by atoms with Crippen molar-refractivity contribution >= 4 is 49.6 Å². The van der Waals surface area contributed by atoms with Crippen molar-refractivity contribution < 1.29 is 0 Å². The molecule has 2 heteroatoms. The van der Waals surface area contributed by atoms with Gasteiger partial charge in [-0.15, -0.1) is 0 Å². The predicted octanol–water partition coefficient (Wildman–Crippen LogP) is 17.7. The van der Waals surface area contributed by atoms with Crippen LogP contribution in [0.3, 0.4) is 0 Å². The lowest BCUT2D eigenvalue weighted by Gasteiger charge is -2.27. The zero-order valence-corrected chi connectivity index (χ0v) is 36.3. The first-order valence-corrected chi connectivity index (χ1v) is 22.7. The number of rotatable bonds is 9. The van der Waals surface area contributed by atoms with Crippen molar-refractivity contribution in [3.05, 3.63) is 267 Å². The maximum Gasteiger partial charge on any atom is 0.0619 e. The van der Waals surface area contributed by atoms with Gasteiger partial charge in [0, 0.05) is 38.9 Å². The Balaban J connectivity index is 1.01. The smallest absolute Gasteiger partial charge is 0.0619 e. The molecule has 12 rings (SSSR count). The maximum absolute atomic E-state index is 2.45. The monoisotopic (exact) mass is 840 g/mol. The van der Waals surface area contributed by atoms with Crippen molar-refractivity contribution in [2.75, 3.05) is 4.90 Å². The van der Waals surface area contributed by atoms with Gasteiger partial charge in [-0.05, 0) is 116 Å². The Kier molecular flexibility index (Phi) is 9.89. The minimum Gasteiger partial charge on any atom is -0.310 e. The van der Waals surface area contributed by atoms with Crippen LogP contribution in [-0.2, 0) is 0 Å². The molecule has 0 saturated carbocycles. The highest BCUT2D eigenvalue weighted by Gasteiger charge is 2.20. The molecule has 2 nitrogen and oxygen atoms in total. The van der Waals surface area contributed by atoms with Gasteiger partial charge < -0.3 is 9.47 Å². The molecule has 0 N–H and O–H groups in total. The second-order valence-corrected chi connectivity index (χ2v) is 16.9. The largest absolute Gasteiger partial charge is 0.310 e. The molecule has 0 spiro atoms. The predicted molar refractivity (Wildman–Crippen MR) is 280 cm³/mol. The first-order chi connectivity index (χ1) is 32.8. The molecule has 0 aliphatic carbocycles. The SMILES string of the molecule is c1ccc(-c2ccccc2-c2ccc(N(c3ccc(-c4ccccc4-c4ccccc4)cc3)c3cccc(-c4cccc5c4c4ccc6ccccc6c4n5-c4ccccc4)c3)cc2)cc1. The van der Waals surface area contributed by atoms with Crippen LogP contribution >= 0.6 is 0 Å². The molecule has 0 radical (unpaired) electrons. The zero-order chi connectivity index (χ0) is 43.8. The van der Waals surface area contributed by atoms with Gasteiger partial charge in [0.05, 0.1) is 11.0 Å². The molecule has 1 heterocycles. The third-order valence-electron chi connectivity index (χ3n) is 13.0. The van der Waals surface area contributed by atoms with Crippen molar-refractivity contribution in [2.45, 2.75) is 0 Å². The summed E-state index contributed by atoms with van der Waals surface area (Å²) in [7, 11) is 0. The second kappa shape index (κ2) is 16.8. The van der Waals surface area contributed by atoms with Gasteiger partial charge in [0.2, 0.25) is 0 Å². The van der Waals surface area contributed by atoms with Gasteiger partial charge in [-0.3, -0.25) is 0 Å². The molecule has 11 aromatic carbocycles. The number of para-hydroxylation sites is 1. The van der Waals surface area contributed by atoms with Gasteiger partial charge in [-0.1, -0.05) is 212 Å². The molecule has 0 atom stereocenters. The average Bonchev–Trinajstić information content (AvgIpc) is 3.75. The molecule has 0 amide bonds. The topological polar surface area (TPSA) is 8.17 Å². The summed E-state index contributed by atoms with van der Waals surface area (Å²) in [5.41, 5.74) is 18.8. The lowest BCUT2D eigenvalue weighted by atomic mass is 9.94. The Morgan fingerprint density at radius 1 is 0.273 bits per heavy atom. The fourth-order valence-electron chi connectivity index (χ4n) is 9.96. The fraction of sp³-hybridized carbons (Fsp3) is 0. The highest BCUT2D eigenvalue weighted by molar-refractivity contribution is 6.22. The number of nitrogens with zero attached hydrogens (tertiary/aromatic N) is 2. The van der Waals surface area contributed by atoms with E-state index in [4.69, 9.17) is 0 Å². The van der Waals surface area contributed by atoms with E-state index in [-0.39, 0.29) is 0 Å². The first-order valence-electron chi connectivity index (χ1n) is 22.7. The van der Waals surface area contributed by atoms with Crippen LogP contribution in [0.2, 0.25) is 0 Å². The molecule has 0 unspecified atom stereocenters. The van der Waals surface area contributed by atoms with Crippen LogP contribution in [0.25, 0.3) is 93.9 Å².